The second-order valence-corrected chi connectivity index (χ2v) is 6.46. The van der Waals surface area contributed by atoms with Crippen molar-refractivity contribution >= 4 is 11.9 Å². The van der Waals surface area contributed by atoms with Crippen LogP contribution in [0, 0.1) is 19.7 Å². The standard InChI is InChI=1S/C18H20FN3O3/c1-10-8-11(2)22(20-10)16-7-4-13(9-15(16)19)17(23)21(14-5-6-14)12(3)18(24)25/h4,7-9,12,14H,5-6H2,1-3H3,(H,24,25). The van der Waals surface area contributed by atoms with E-state index >= 15 is 0 Å². The number of benzene rings is 1. The summed E-state index contributed by atoms with van der Waals surface area (Å²) in [4.78, 5) is 25.3. The van der Waals surface area contributed by atoms with E-state index in [1.54, 1.807) is 0 Å². The first kappa shape index (κ1) is 17.1. The van der Waals surface area contributed by atoms with Crippen LogP contribution in [0.2, 0.25) is 0 Å². The van der Waals surface area contributed by atoms with Gasteiger partial charge in [0.1, 0.15) is 17.5 Å². The van der Waals surface area contributed by atoms with E-state index in [2.05, 4.69) is 5.10 Å². The van der Waals surface area contributed by atoms with Gasteiger partial charge in [-0.15, -0.1) is 0 Å². The number of nitrogens with zero attached hydrogens (tertiary/aromatic N) is 3. The zero-order valence-electron chi connectivity index (χ0n) is 14.4. The van der Waals surface area contributed by atoms with Crippen LogP contribution >= 0.6 is 0 Å². The summed E-state index contributed by atoms with van der Waals surface area (Å²) >= 11 is 0. The van der Waals surface area contributed by atoms with Gasteiger partial charge in [-0.2, -0.15) is 5.10 Å². The lowest BCUT2D eigenvalue weighted by molar-refractivity contribution is -0.141. The van der Waals surface area contributed by atoms with Crippen LogP contribution < -0.4 is 0 Å². The van der Waals surface area contributed by atoms with Gasteiger partial charge in [0.2, 0.25) is 0 Å². The van der Waals surface area contributed by atoms with Crippen molar-refractivity contribution in [2.45, 2.75) is 45.7 Å². The minimum absolute atomic E-state index is 0.0858. The molecule has 25 heavy (non-hydrogen) atoms. The maximum Gasteiger partial charge on any atom is 0.326 e. The zero-order chi connectivity index (χ0) is 18.3. The quantitative estimate of drug-likeness (QED) is 0.904. The predicted octanol–water partition coefficient (Wildman–Crippen LogP) is 2.71. The minimum Gasteiger partial charge on any atom is -0.480 e. The Morgan fingerprint density at radius 2 is 2.00 bits per heavy atom. The molecule has 0 bridgehead atoms. The number of carbonyl (C=O) groups is 2. The smallest absolute Gasteiger partial charge is 0.326 e. The second kappa shape index (κ2) is 6.31. The average molecular weight is 345 g/mol. The van der Waals surface area contributed by atoms with Crippen molar-refractivity contribution in [3.63, 3.8) is 0 Å². The SMILES string of the molecule is Cc1cc(C)n(-c2ccc(C(=O)N(C3CC3)C(C)C(=O)O)cc2F)n1. The fourth-order valence-electron chi connectivity index (χ4n) is 2.96. The van der Waals surface area contributed by atoms with E-state index in [0.717, 1.165) is 30.3 Å². The zero-order valence-corrected chi connectivity index (χ0v) is 14.4. The van der Waals surface area contributed by atoms with Crippen LogP contribution in [-0.4, -0.2) is 43.7 Å². The van der Waals surface area contributed by atoms with Crippen molar-refractivity contribution in [1.82, 2.24) is 14.7 Å². The second-order valence-electron chi connectivity index (χ2n) is 6.46. The Kier molecular flexibility index (Phi) is 4.32. The summed E-state index contributed by atoms with van der Waals surface area (Å²) in [5, 5.41) is 13.5. The van der Waals surface area contributed by atoms with Gasteiger partial charge < -0.3 is 10.0 Å². The molecule has 2 aromatic rings. The number of rotatable bonds is 5. The molecular weight excluding hydrogens is 325 g/mol. The fraction of sp³-hybridized carbons (Fsp3) is 0.389. The molecule has 1 aromatic carbocycles. The lowest BCUT2D eigenvalue weighted by Crippen LogP contribution is -2.44. The van der Waals surface area contributed by atoms with Gasteiger partial charge in [-0.25, -0.2) is 13.9 Å². The van der Waals surface area contributed by atoms with Gasteiger partial charge in [0.25, 0.3) is 5.91 Å². The third-order valence-electron chi connectivity index (χ3n) is 4.38. The summed E-state index contributed by atoms with van der Waals surface area (Å²) in [7, 11) is 0. The molecule has 1 aliphatic rings. The van der Waals surface area contributed by atoms with Gasteiger partial charge in [0.15, 0.2) is 0 Å². The van der Waals surface area contributed by atoms with Gasteiger partial charge in [-0.1, -0.05) is 0 Å². The van der Waals surface area contributed by atoms with Crippen molar-refractivity contribution < 1.29 is 19.1 Å². The van der Waals surface area contributed by atoms with Gasteiger partial charge in [0.05, 0.1) is 5.69 Å². The van der Waals surface area contributed by atoms with E-state index in [4.69, 9.17) is 0 Å². The molecule has 1 aromatic heterocycles. The number of carboxylic acid groups (broad SMARTS) is 1. The molecule has 7 heteroatoms. The van der Waals surface area contributed by atoms with E-state index < -0.39 is 23.7 Å². The summed E-state index contributed by atoms with van der Waals surface area (Å²) in [6.07, 6.45) is 1.55. The largest absolute Gasteiger partial charge is 0.480 e. The Bertz CT molecular complexity index is 842. The third-order valence-corrected chi connectivity index (χ3v) is 4.38. The number of carbonyl (C=O) groups excluding carboxylic acids is 1. The first-order chi connectivity index (χ1) is 11.8. The minimum atomic E-state index is -1.07. The van der Waals surface area contributed by atoms with Crippen LogP contribution in [0.4, 0.5) is 4.39 Å². The molecule has 1 fully saturated rings. The molecule has 1 N–H and O–H groups in total. The first-order valence-electron chi connectivity index (χ1n) is 8.18. The van der Waals surface area contributed by atoms with Crippen molar-refractivity contribution in [1.29, 1.82) is 0 Å². The number of hydrogen-bond acceptors (Lipinski definition) is 3. The van der Waals surface area contributed by atoms with Crippen LogP contribution in [0.5, 0.6) is 0 Å². The Labute approximate surface area is 144 Å². The number of carboxylic acids is 1. The Morgan fingerprint density at radius 3 is 2.48 bits per heavy atom. The van der Waals surface area contributed by atoms with Crippen LogP contribution in [0.1, 0.15) is 41.5 Å². The van der Waals surface area contributed by atoms with Gasteiger partial charge in [-0.3, -0.25) is 4.79 Å². The van der Waals surface area contributed by atoms with Crippen molar-refractivity contribution in [2.24, 2.45) is 0 Å². The Hall–Kier alpha value is -2.70. The highest BCUT2D eigenvalue weighted by Crippen LogP contribution is 2.30. The van der Waals surface area contributed by atoms with Crippen molar-refractivity contribution in [2.75, 3.05) is 0 Å². The molecule has 0 aliphatic heterocycles. The number of hydrogen-bond donors (Lipinski definition) is 1. The Balaban J connectivity index is 1.93. The van der Waals surface area contributed by atoms with Crippen LogP contribution in [0.25, 0.3) is 5.69 Å². The lowest BCUT2D eigenvalue weighted by Gasteiger charge is -2.26. The molecule has 1 aliphatic carbocycles. The van der Waals surface area contributed by atoms with Crippen molar-refractivity contribution in [3.8, 4) is 5.69 Å². The highest BCUT2D eigenvalue weighted by Gasteiger charge is 2.38. The molecule has 1 unspecified atom stereocenters. The van der Waals surface area contributed by atoms with E-state index in [-0.39, 0.29) is 17.3 Å². The maximum absolute atomic E-state index is 14.6. The highest BCUT2D eigenvalue weighted by atomic mass is 19.1. The average Bonchev–Trinajstić information content (AvgIpc) is 3.31. The molecule has 1 atom stereocenters. The summed E-state index contributed by atoms with van der Waals surface area (Å²) in [5.41, 5.74) is 1.95. The molecule has 6 nitrogen and oxygen atoms in total. The van der Waals surface area contributed by atoms with Crippen molar-refractivity contribution in [3.05, 3.63) is 47.0 Å². The lowest BCUT2D eigenvalue weighted by atomic mass is 10.1. The van der Waals surface area contributed by atoms with Crippen LogP contribution in [0.3, 0.4) is 0 Å². The number of amides is 1. The number of aryl methyl sites for hydroxylation is 2. The molecule has 1 saturated carbocycles. The maximum atomic E-state index is 14.6. The van der Waals surface area contributed by atoms with Gasteiger partial charge in [0, 0.05) is 17.3 Å². The van der Waals surface area contributed by atoms with Gasteiger partial charge in [-0.05, 0) is 57.9 Å². The topological polar surface area (TPSA) is 75.4 Å². The summed E-state index contributed by atoms with van der Waals surface area (Å²) in [6.45, 7) is 5.11. The first-order valence-corrected chi connectivity index (χ1v) is 8.18. The molecule has 0 spiro atoms. The monoisotopic (exact) mass is 345 g/mol. The highest BCUT2D eigenvalue weighted by molar-refractivity contribution is 5.97. The van der Waals surface area contributed by atoms with E-state index in [0.29, 0.717) is 0 Å². The molecule has 3 rings (SSSR count). The summed E-state index contributed by atoms with van der Waals surface area (Å²) in [6, 6.07) is 4.97. The number of aliphatic carboxylic acids is 1. The number of aromatic nitrogens is 2. The molecule has 0 radical (unpaired) electrons. The normalized spacial score (nSPS) is 15.0. The third kappa shape index (κ3) is 3.26. The Morgan fingerprint density at radius 1 is 1.32 bits per heavy atom. The fourth-order valence-corrected chi connectivity index (χ4v) is 2.96. The van der Waals surface area contributed by atoms with E-state index in [1.165, 1.54) is 28.6 Å². The van der Waals surface area contributed by atoms with E-state index in [9.17, 15) is 19.1 Å². The molecule has 0 saturated heterocycles. The predicted molar refractivity (Wildman–Crippen MR) is 89.3 cm³/mol. The molecular formula is C18H20FN3O3. The summed E-state index contributed by atoms with van der Waals surface area (Å²) in [5.74, 6) is -2.10. The number of halogens is 1. The molecule has 1 amide bonds. The van der Waals surface area contributed by atoms with E-state index in [1.807, 2.05) is 19.9 Å². The molecule has 132 valence electrons. The van der Waals surface area contributed by atoms with Crippen LogP contribution in [-0.2, 0) is 4.79 Å². The van der Waals surface area contributed by atoms with Crippen LogP contribution in [0.15, 0.2) is 24.3 Å². The molecule has 1 heterocycles. The van der Waals surface area contributed by atoms with Gasteiger partial charge >= 0.3 is 5.97 Å². The summed E-state index contributed by atoms with van der Waals surface area (Å²) < 4.78 is 16.1.